The Morgan fingerprint density at radius 2 is 2.24 bits per heavy atom. The minimum atomic E-state index is -0.377. The van der Waals surface area contributed by atoms with Crippen LogP contribution in [-0.4, -0.2) is 48.8 Å². The first kappa shape index (κ1) is 16.7. The Bertz CT molecular complexity index is 690. The first-order valence-electron chi connectivity index (χ1n) is 8.94. The molecule has 0 bridgehead atoms. The van der Waals surface area contributed by atoms with Gasteiger partial charge in [0.15, 0.2) is 11.5 Å². The number of nitrogens with zero attached hydrogens (tertiary/aromatic N) is 1. The Morgan fingerprint density at radius 3 is 2.96 bits per heavy atom. The average molecular weight is 346 g/mol. The maximum atomic E-state index is 11.4. The number of likely N-dealkylation sites (tertiary alicyclic amines) is 1. The van der Waals surface area contributed by atoms with Gasteiger partial charge in [0.1, 0.15) is 5.60 Å². The number of benzene rings is 1. The first-order chi connectivity index (χ1) is 11.9. The number of amides is 1. The summed E-state index contributed by atoms with van der Waals surface area (Å²) in [4.78, 5) is 13.5. The maximum Gasteiger partial charge on any atom is 0.231 e. The predicted octanol–water partition coefficient (Wildman–Crippen LogP) is 1.87. The summed E-state index contributed by atoms with van der Waals surface area (Å²) < 4.78 is 18.4. The van der Waals surface area contributed by atoms with Crippen molar-refractivity contribution in [1.29, 1.82) is 0 Å². The highest BCUT2D eigenvalue weighted by molar-refractivity contribution is 5.76. The molecule has 2 fully saturated rings. The maximum absolute atomic E-state index is 11.4. The molecule has 0 aliphatic carbocycles. The Kier molecular flexibility index (Phi) is 3.92. The fourth-order valence-electron chi connectivity index (χ4n) is 4.71. The summed E-state index contributed by atoms with van der Waals surface area (Å²) in [6, 6.07) is 6.20. The van der Waals surface area contributed by atoms with Crippen LogP contribution in [0.2, 0.25) is 0 Å². The zero-order chi connectivity index (χ0) is 17.8. The number of rotatable bonds is 3. The van der Waals surface area contributed by atoms with Crippen LogP contribution in [0.15, 0.2) is 18.2 Å². The van der Waals surface area contributed by atoms with Crippen molar-refractivity contribution in [2.75, 3.05) is 20.2 Å². The van der Waals surface area contributed by atoms with Crippen LogP contribution < -0.4 is 15.2 Å². The van der Waals surface area contributed by atoms with Gasteiger partial charge in [-0.2, -0.15) is 0 Å². The van der Waals surface area contributed by atoms with E-state index in [0.717, 1.165) is 36.4 Å². The van der Waals surface area contributed by atoms with Gasteiger partial charge >= 0.3 is 0 Å². The predicted molar refractivity (Wildman–Crippen MR) is 92.6 cm³/mol. The van der Waals surface area contributed by atoms with E-state index in [-0.39, 0.29) is 35.7 Å². The normalized spacial score (nSPS) is 32.9. The monoisotopic (exact) mass is 346 g/mol. The van der Waals surface area contributed by atoms with E-state index in [1.807, 2.05) is 12.1 Å². The van der Waals surface area contributed by atoms with Crippen molar-refractivity contribution >= 4 is 5.91 Å². The van der Waals surface area contributed by atoms with Crippen molar-refractivity contribution < 1.29 is 19.0 Å². The van der Waals surface area contributed by atoms with Crippen molar-refractivity contribution in [3.8, 4) is 11.5 Å². The average Bonchev–Trinajstić information content (AvgIpc) is 2.94. The minimum Gasteiger partial charge on any atom is -0.493 e. The summed E-state index contributed by atoms with van der Waals surface area (Å²) in [5, 5.41) is 0. The molecule has 4 atom stereocenters. The number of methoxy groups -OCH3 is 1. The van der Waals surface area contributed by atoms with Gasteiger partial charge in [-0.25, -0.2) is 0 Å². The van der Waals surface area contributed by atoms with Crippen LogP contribution in [0, 0.1) is 5.92 Å². The second-order valence-corrected chi connectivity index (χ2v) is 7.81. The third kappa shape index (κ3) is 2.68. The van der Waals surface area contributed by atoms with Gasteiger partial charge in [0, 0.05) is 24.1 Å². The molecule has 1 aromatic carbocycles. The second kappa shape index (κ2) is 5.88. The van der Waals surface area contributed by atoms with Crippen LogP contribution in [0.25, 0.3) is 0 Å². The highest BCUT2D eigenvalue weighted by Gasteiger charge is 2.53. The van der Waals surface area contributed by atoms with Crippen LogP contribution in [0.3, 0.4) is 0 Å². The van der Waals surface area contributed by atoms with E-state index in [2.05, 4.69) is 24.8 Å². The highest BCUT2D eigenvalue weighted by atomic mass is 16.5. The number of ether oxygens (including phenoxy) is 3. The summed E-state index contributed by atoms with van der Waals surface area (Å²) in [5.74, 6) is 1.47. The van der Waals surface area contributed by atoms with Crippen molar-refractivity contribution in [3.05, 3.63) is 23.8 Å². The fourth-order valence-corrected chi connectivity index (χ4v) is 4.71. The Balaban J connectivity index is 1.68. The Labute approximate surface area is 148 Å². The number of hydrogen-bond acceptors (Lipinski definition) is 5. The van der Waals surface area contributed by atoms with Crippen LogP contribution in [-0.2, 0) is 9.53 Å². The molecular weight excluding hydrogens is 320 g/mol. The van der Waals surface area contributed by atoms with Gasteiger partial charge in [-0.1, -0.05) is 12.1 Å². The summed E-state index contributed by atoms with van der Waals surface area (Å²) >= 11 is 0. The van der Waals surface area contributed by atoms with Crippen LogP contribution in [0.4, 0.5) is 0 Å². The lowest BCUT2D eigenvalue weighted by Gasteiger charge is -2.50. The number of nitrogens with two attached hydrogens (primary N) is 1. The van der Waals surface area contributed by atoms with Gasteiger partial charge in [-0.05, 0) is 32.8 Å². The van der Waals surface area contributed by atoms with E-state index in [0.29, 0.717) is 6.54 Å². The number of para-hydroxylation sites is 1. The molecule has 2 N–H and O–H groups in total. The Morgan fingerprint density at radius 1 is 1.44 bits per heavy atom. The van der Waals surface area contributed by atoms with Crippen molar-refractivity contribution in [3.63, 3.8) is 0 Å². The summed E-state index contributed by atoms with van der Waals surface area (Å²) in [6.45, 7) is 5.37. The molecule has 4 rings (SSSR count). The van der Waals surface area contributed by atoms with Crippen molar-refractivity contribution in [2.45, 2.75) is 50.5 Å². The fraction of sp³-hybridized carbons (Fsp3) is 0.632. The van der Waals surface area contributed by atoms with Gasteiger partial charge in [-0.15, -0.1) is 0 Å². The molecule has 0 radical (unpaired) electrons. The summed E-state index contributed by atoms with van der Waals surface area (Å²) in [6.07, 6.45) is 1.99. The van der Waals surface area contributed by atoms with Gasteiger partial charge in [0.25, 0.3) is 0 Å². The summed E-state index contributed by atoms with van der Waals surface area (Å²) in [7, 11) is 1.66. The molecule has 0 saturated carbocycles. The van der Waals surface area contributed by atoms with E-state index >= 15 is 0 Å². The standard InChI is InChI=1S/C19H26N2O4/c1-19(2)12-9-13-14(7-8-21(13)10-16(20)22)24-17(12)11-5-4-6-15(23-3)18(11)25-19/h4-6,12-14,17H,7-10H2,1-3H3,(H2,20,22)/t12-,13+,14-,17+/m1/s1. The largest absolute Gasteiger partial charge is 0.493 e. The molecule has 0 aromatic heterocycles. The van der Waals surface area contributed by atoms with E-state index < -0.39 is 0 Å². The molecule has 6 nitrogen and oxygen atoms in total. The van der Waals surface area contributed by atoms with Crippen LogP contribution in [0.1, 0.15) is 38.4 Å². The number of carbonyl (C=O) groups is 1. The first-order valence-corrected chi connectivity index (χ1v) is 8.94. The topological polar surface area (TPSA) is 74.0 Å². The van der Waals surface area contributed by atoms with Gasteiger partial charge in [0.05, 0.1) is 25.9 Å². The minimum absolute atomic E-state index is 0.0105. The van der Waals surface area contributed by atoms with Gasteiger partial charge in [-0.3, -0.25) is 9.69 Å². The lowest BCUT2D eigenvalue weighted by Crippen LogP contribution is -2.54. The van der Waals surface area contributed by atoms with Gasteiger partial charge in [0.2, 0.25) is 5.91 Å². The van der Waals surface area contributed by atoms with Crippen molar-refractivity contribution in [1.82, 2.24) is 4.90 Å². The third-order valence-electron chi connectivity index (χ3n) is 5.93. The smallest absolute Gasteiger partial charge is 0.231 e. The van der Waals surface area contributed by atoms with Crippen LogP contribution >= 0.6 is 0 Å². The molecule has 136 valence electrons. The number of primary amides is 1. The molecule has 1 amide bonds. The molecule has 3 aliphatic rings. The molecular formula is C19H26N2O4. The SMILES string of the molecule is COc1cccc2c1OC(C)(C)[C@@H]1C[C@H]3[C@@H](CCN3CC(N)=O)O[C@@H]21. The number of carbonyl (C=O) groups excluding carboxylic acids is 1. The van der Waals surface area contributed by atoms with Crippen molar-refractivity contribution in [2.24, 2.45) is 11.7 Å². The molecule has 0 unspecified atom stereocenters. The molecule has 3 aliphatic heterocycles. The third-order valence-corrected chi connectivity index (χ3v) is 5.93. The number of hydrogen-bond donors (Lipinski definition) is 1. The van der Waals surface area contributed by atoms with E-state index in [1.54, 1.807) is 7.11 Å². The zero-order valence-corrected chi connectivity index (χ0v) is 15.0. The molecule has 2 saturated heterocycles. The lowest BCUT2D eigenvalue weighted by atomic mass is 9.74. The zero-order valence-electron chi connectivity index (χ0n) is 15.0. The van der Waals surface area contributed by atoms with E-state index in [1.165, 1.54) is 0 Å². The summed E-state index contributed by atoms with van der Waals surface area (Å²) in [5.41, 5.74) is 6.10. The second-order valence-electron chi connectivity index (χ2n) is 7.81. The molecule has 1 aromatic rings. The molecule has 0 spiro atoms. The van der Waals surface area contributed by atoms with Crippen LogP contribution in [0.5, 0.6) is 11.5 Å². The lowest BCUT2D eigenvalue weighted by molar-refractivity contribution is -0.163. The molecule has 6 heteroatoms. The highest BCUT2D eigenvalue weighted by Crippen LogP contribution is 2.54. The Hall–Kier alpha value is -1.79. The molecule has 25 heavy (non-hydrogen) atoms. The molecule has 3 heterocycles. The quantitative estimate of drug-likeness (QED) is 0.904. The van der Waals surface area contributed by atoms with E-state index in [9.17, 15) is 4.79 Å². The number of fused-ring (bicyclic) bond motifs is 4. The van der Waals surface area contributed by atoms with Gasteiger partial charge < -0.3 is 19.9 Å². The van der Waals surface area contributed by atoms with E-state index in [4.69, 9.17) is 19.9 Å².